The van der Waals surface area contributed by atoms with Crippen molar-refractivity contribution in [2.75, 3.05) is 0 Å². The van der Waals surface area contributed by atoms with Crippen molar-refractivity contribution in [2.45, 2.75) is 25.4 Å². The molecule has 2 atom stereocenters. The fourth-order valence-electron chi connectivity index (χ4n) is 2.85. The standard InChI is InChI=1S/C20H22FN2O3/c21-17-8-4-7-14(18(17)20(23)26)11-15(19(22)25)12-16(24)10-9-13-5-2-1-3-6-13/h1-8,10,15-16,24H,9,11-12H2,(H2,22,25)(H2,23,26)/t15-,16+/m1/s1. The molecule has 137 valence electrons. The second-order valence-corrected chi connectivity index (χ2v) is 6.17. The Balaban J connectivity index is 2.04. The number of hydrogen-bond donors (Lipinski definition) is 3. The van der Waals surface area contributed by atoms with Crippen molar-refractivity contribution in [2.24, 2.45) is 17.4 Å². The highest BCUT2D eigenvalue weighted by Crippen LogP contribution is 2.21. The number of carbonyl (C=O) groups excluding carboxylic acids is 2. The van der Waals surface area contributed by atoms with Gasteiger partial charge in [-0.2, -0.15) is 0 Å². The molecule has 0 aliphatic rings. The lowest BCUT2D eigenvalue weighted by atomic mass is 9.89. The Morgan fingerprint density at radius 1 is 1.08 bits per heavy atom. The molecular weight excluding hydrogens is 335 g/mol. The maximum absolute atomic E-state index is 13.9. The van der Waals surface area contributed by atoms with Crippen LogP contribution in [0.4, 0.5) is 4.39 Å². The van der Waals surface area contributed by atoms with Gasteiger partial charge in [-0.3, -0.25) is 9.59 Å². The van der Waals surface area contributed by atoms with E-state index in [4.69, 9.17) is 11.5 Å². The number of rotatable bonds is 9. The molecule has 0 aliphatic carbocycles. The second kappa shape index (κ2) is 9.10. The van der Waals surface area contributed by atoms with Gasteiger partial charge in [0.2, 0.25) is 5.91 Å². The summed E-state index contributed by atoms with van der Waals surface area (Å²) in [6.07, 6.45) is 1.47. The zero-order valence-electron chi connectivity index (χ0n) is 14.3. The highest BCUT2D eigenvalue weighted by Gasteiger charge is 2.23. The van der Waals surface area contributed by atoms with Crippen molar-refractivity contribution in [3.8, 4) is 0 Å². The summed E-state index contributed by atoms with van der Waals surface area (Å²) in [6.45, 7) is 0. The molecule has 5 N–H and O–H groups in total. The van der Waals surface area contributed by atoms with Gasteiger partial charge in [-0.05, 0) is 42.9 Å². The van der Waals surface area contributed by atoms with Crippen LogP contribution in [0, 0.1) is 18.2 Å². The van der Waals surface area contributed by atoms with E-state index < -0.39 is 29.7 Å². The number of halogens is 1. The molecule has 5 nitrogen and oxygen atoms in total. The van der Waals surface area contributed by atoms with E-state index in [2.05, 4.69) is 0 Å². The van der Waals surface area contributed by atoms with Crippen molar-refractivity contribution in [3.05, 3.63) is 77.5 Å². The highest BCUT2D eigenvalue weighted by atomic mass is 19.1. The fourth-order valence-corrected chi connectivity index (χ4v) is 2.85. The maximum atomic E-state index is 13.9. The van der Waals surface area contributed by atoms with Gasteiger partial charge in [-0.1, -0.05) is 42.5 Å². The van der Waals surface area contributed by atoms with Crippen LogP contribution < -0.4 is 11.5 Å². The van der Waals surface area contributed by atoms with E-state index in [1.54, 1.807) is 6.42 Å². The van der Waals surface area contributed by atoms with Gasteiger partial charge >= 0.3 is 0 Å². The molecular formula is C20H22FN2O3. The van der Waals surface area contributed by atoms with Crippen LogP contribution in [-0.2, 0) is 17.6 Å². The summed E-state index contributed by atoms with van der Waals surface area (Å²) in [7, 11) is 0. The van der Waals surface area contributed by atoms with Crippen molar-refractivity contribution < 1.29 is 19.1 Å². The average molecular weight is 357 g/mol. The molecule has 0 aliphatic heterocycles. The smallest absolute Gasteiger partial charge is 0.251 e. The van der Waals surface area contributed by atoms with Gasteiger partial charge in [-0.25, -0.2) is 4.39 Å². The van der Waals surface area contributed by atoms with Crippen LogP contribution in [0.2, 0.25) is 0 Å². The fraction of sp³-hybridized carbons (Fsp3) is 0.250. The van der Waals surface area contributed by atoms with Gasteiger partial charge in [0, 0.05) is 5.92 Å². The van der Waals surface area contributed by atoms with Gasteiger partial charge < -0.3 is 16.6 Å². The van der Waals surface area contributed by atoms with Crippen LogP contribution in [-0.4, -0.2) is 23.0 Å². The second-order valence-electron chi connectivity index (χ2n) is 6.17. The van der Waals surface area contributed by atoms with Crippen molar-refractivity contribution >= 4 is 11.8 Å². The summed E-state index contributed by atoms with van der Waals surface area (Å²) >= 11 is 0. The van der Waals surface area contributed by atoms with Crippen molar-refractivity contribution in [3.63, 3.8) is 0 Å². The van der Waals surface area contributed by atoms with Gasteiger partial charge in [0.05, 0.1) is 11.7 Å². The Morgan fingerprint density at radius 2 is 1.77 bits per heavy atom. The number of hydrogen-bond acceptors (Lipinski definition) is 3. The summed E-state index contributed by atoms with van der Waals surface area (Å²) in [5.41, 5.74) is 11.7. The van der Waals surface area contributed by atoms with Crippen LogP contribution in [0.3, 0.4) is 0 Å². The lowest BCUT2D eigenvalue weighted by Gasteiger charge is -2.19. The molecule has 2 aromatic rings. The first-order valence-electron chi connectivity index (χ1n) is 8.30. The third kappa shape index (κ3) is 5.39. The van der Waals surface area contributed by atoms with Crippen LogP contribution in [0.1, 0.15) is 27.9 Å². The first kappa shape index (κ1) is 19.6. The summed E-state index contributed by atoms with van der Waals surface area (Å²) in [5.74, 6) is -3.03. The van der Waals surface area contributed by atoms with E-state index in [0.29, 0.717) is 12.0 Å². The van der Waals surface area contributed by atoms with Crippen LogP contribution in [0.15, 0.2) is 48.5 Å². The molecule has 0 aromatic heterocycles. The predicted molar refractivity (Wildman–Crippen MR) is 96.4 cm³/mol. The molecule has 1 radical (unpaired) electrons. The largest absolute Gasteiger partial charge is 0.393 e. The highest BCUT2D eigenvalue weighted by molar-refractivity contribution is 5.94. The number of aliphatic hydroxyl groups excluding tert-OH is 1. The number of nitrogens with two attached hydrogens (primary N) is 2. The summed E-state index contributed by atoms with van der Waals surface area (Å²) in [5, 5.41) is 10.2. The number of amides is 2. The van der Waals surface area contributed by atoms with E-state index >= 15 is 0 Å². The molecule has 0 saturated heterocycles. The molecule has 0 unspecified atom stereocenters. The number of benzene rings is 2. The Hall–Kier alpha value is -2.73. The van der Waals surface area contributed by atoms with Gasteiger partial charge in [0.15, 0.2) is 0 Å². The zero-order valence-corrected chi connectivity index (χ0v) is 14.3. The molecule has 6 heteroatoms. The monoisotopic (exact) mass is 357 g/mol. The molecule has 0 spiro atoms. The lowest BCUT2D eigenvalue weighted by molar-refractivity contribution is -0.122. The normalized spacial score (nSPS) is 13.2. The van der Waals surface area contributed by atoms with Crippen molar-refractivity contribution in [1.29, 1.82) is 0 Å². The molecule has 26 heavy (non-hydrogen) atoms. The van der Waals surface area contributed by atoms with Gasteiger partial charge in [0.1, 0.15) is 5.82 Å². The minimum Gasteiger partial charge on any atom is -0.393 e. The Labute approximate surface area is 151 Å². The molecule has 0 bridgehead atoms. The molecule has 0 saturated carbocycles. The molecule has 2 amide bonds. The predicted octanol–water partition coefficient (Wildman–Crippen LogP) is 1.77. The minimum atomic E-state index is -0.905. The van der Waals surface area contributed by atoms with E-state index in [1.165, 1.54) is 12.1 Å². The number of aliphatic hydroxyl groups is 1. The maximum Gasteiger partial charge on any atom is 0.251 e. The van der Waals surface area contributed by atoms with Gasteiger partial charge in [0.25, 0.3) is 5.91 Å². The van der Waals surface area contributed by atoms with E-state index in [-0.39, 0.29) is 18.4 Å². The van der Waals surface area contributed by atoms with Crippen LogP contribution in [0.5, 0.6) is 0 Å². The van der Waals surface area contributed by atoms with Crippen molar-refractivity contribution in [1.82, 2.24) is 0 Å². The van der Waals surface area contributed by atoms with E-state index in [1.807, 2.05) is 30.3 Å². The summed E-state index contributed by atoms with van der Waals surface area (Å²) in [6, 6.07) is 13.7. The topological polar surface area (TPSA) is 106 Å². The molecule has 0 heterocycles. The van der Waals surface area contributed by atoms with E-state index in [0.717, 1.165) is 11.6 Å². The average Bonchev–Trinajstić information content (AvgIpc) is 2.60. The van der Waals surface area contributed by atoms with Gasteiger partial charge in [-0.15, -0.1) is 0 Å². The number of primary amides is 2. The Bertz CT molecular complexity index is 765. The quantitative estimate of drug-likeness (QED) is 0.636. The minimum absolute atomic E-state index is 0.0294. The SMILES string of the molecule is NC(=O)c1c(F)cccc1C[C@H](C[C@@H](O)[CH]Cc1ccccc1)C(N)=O. The van der Waals surface area contributed by atoms with Crippen LogP contribution >= 0.6 is 0 Å². The van der Waals surface area contributed by atoms with Crippen LogP contribution in [0.25, 0.3) is 0 Å². The Morgan fingerprint density at radius 3 is 2.38 bits per heavy atom. The summed E-state index contributed by atoms with van der Waals surface area (Å²) < 4.78 is 13.9. The third-order valence-corrected chi connectivity index (χ3v) is 4.21. The molecule has 2 rings (SSSR count). The zero-order chi connectivity index (χ0) is 19.1. The summed E-state index contributed by atoms with van der Waals surface area (Å²) in [4.78, 5) is 23.3. The lowest BCUT2D eigenvalue weighted by Crippen LogP contribution is -2.30. The number of carbonyl (C=O) groups is 2. The molecule has 2 aromatic carbocycles. The first-order valence-corrected chi connectivity index (χ1v) is 8.30. The van der Waals surface area contributed by atoms with E-state index in [9.17, 15) is 19.1 Å². The first-order chi connectivity index (χ1) is 12.4. The molecule has 0 fully saturated rings. The Kier molecular flexibility index (Phi) is 6.86. The third-order valence-electron chi connectivity index (χ3n) is 4.21.